The van der Waals surface area contributed by atoms with Crippen LogP contribution in [0.25, 0.3) is 0 Å². The third-order valence-corrected chi connectivity index (χ3v) is 2.60. The highest BCUT2D eigenvalue weighted by molar-refractivity contribution is 5.99. The maximum absolute atomic E-state index is 11.8. The fraction of sp³-hybridized carbons (Fsp3) is 0.250. The first-order valence-electron chi connectivity index (χ1n) is 5.87. The normalized spacial score (nSPS) is 10.3. The number of benzene rings is 1. The van der Waals surface area contributed by atoms with E-state index in [9.17, 15) is 9.90 Å². The van der Waals surface area contributed by atoms with Crippen LogP contribution in [0.15, 0.2) is 30.6 Å². The number of nitrogens with zero attached hydrogens (tertiary/aromatic N) is 3. The van der Waals surface area contributed by atoms with Crippen LogP contribution in [0.3, 0.4) is 0 Å². The van der Waals surface area contributed by atoms with Gasteiger partial charge in [-0.3, -0.25) is 9.48 Å². The molecule has 0 aliphatic rings. The van der Waals surface area contributed by atoms with Crippen LogP contribution in [0.5, 0.6) is 5.75 Å². The van der Waals surface area contributed by atoms with Crippen molar-refractivity contribution in [3.8, 4) is 5.75 Å². The molecule has 1 aromatic heterocycles. The van der Waals surface area contributed by atoms with Crippen molar-refractivity contribution in [2.45, 2.75) is 13.0 Å². The van der Waals surface area contributed by atoms with Gasteiger partial charge >= 0.3 is 0 Å². The number of phenols is 1. The number of carbonyl (C=O) groups excluding carboxylic acids is 1. The number of phenolic OH excluding ortho intramolecular Hbond substituents is 1. The minimum absolute atomic E-state index is 0.0157. The highest BCUT2D eigenvalue weighted by atomic mass is 16.3. The molecule has 19 heavy (non-hydrogen) atoms. The Morgan fingerprint density at radius 2 is 2.32 bits per heavy atom. The van der Waals surface area contributed by atoms with Gasteiger partial charge < -0.3 is 16.2 Å². The van der Waals surface area contributed by atoms with E-state index in [2.05, 4.69) is 15.6 Å². The van der Waals surface area contributed by atoms with Crippen molar-refractivity contribution in [2.24, 2.45) is 0 Å². The fourth-order valence-corrected chi connectivity index (χ4v) is 1.63. The van der Waals surface area contributed by atoms with Crippen molar-refractivity contribution < 1.29 is 9.90 Å². The van der Waals surface area contributed by atoms with Crippen LogP contribution < -0.4 is 11.1 Å². The summed E-state index contributed by atoms with van der Waals surface area (Å²) in [5.74, 6) is -0.283. The van der Waals surface area contributed by atoms with Gasteiger partial charge in [0.25, 0.3) is 5.91 Å². The zero-order valence-corrected chi connectivity index (χ0v) is 10.3. The Hall–Kier alpha value is -2.57. The predicted molar refractivity (Wildman–Crippen MR) is 69.5 cm³/mol. The summed E-state index contributed by atoms with van der Waals surface area (Å²) in [5, 5.41) is 19.6. The molecule has 1 amide bonds. The average molecular weight is 261 g/mol. The first kappa shape index (κ1) is 12.9. The van der Waals surface area contributed by atoms with Crippen LogP contribution in [0, 0.1) is 0 Å². The molecular weight excluding hydrogens is 246 g/mol. The van der Waals surface area contributed by atoms with E-state index < -0.39 is 0 Å². The maximum Gasteiger partial charge on any atom is 0.253 e. The third kappa shape index (κ3) is 3.44. The molecule has 0 spiro atoms. The van der Waals surface area contributed by atoms with Gasteiger partial charge in [-0.2, -0.15) is 0 Å². The number of hydrogen-bond acceptors (Lipinski definition) is 5. The molecule has 0 aliphatic heterocycles. The molecule has 0 bridgehead atoms. The first-order chi connectivity index (χ1) is 9.16. The van der Waals surface area contributed by atoms with Crippen molar-refractivity contribution in [3.05, 3.63) is 36.2 Å². The molecular formula is C12H15N5O2. The molecule has 0 fully saturated rings. The Labute approximate surface area is 110 Å². The lowest BCUT2D eigenvalue weighted by molar-refractivity contribution is 0.0953. The van der Waals surface area contributed by atoms with Crippen molar-refractivity contribution in [1.29, 1.82) is 0 Å². The summed E-state index contributed by atoms with van der Waals surface area (Å²) in [4.78, 5) is 11.8. The number of amides is 1. The number of hydrogen-bond donors (Lipinski definition) is 3. The largest absolute Gasteiger partial charge is 0.508 e. The highest BCUT2D eigenvalue weighted by Crippen LogP contribution is 2.18. The number of rotatable bonds is 5. The Morgan fingerprint density at radius 3 is 3.05 bits per heavy atom. The van der Waals surface area contributed by atoms with Gasteiger partial charge in [-0.1, -0.05) is 5.21 Å². The van der Waals surface area contributed by atoms with Crippen molar-refractivity contribution in [2.75, 3.05) is 12.3 Å². The van der Waals surface area contributed by atoms with E-state index in [1.54, 1.807) is 17.1 Å². The van der Waals surface area contributed by atoms with E-state index in [1.165, 1.54) is 18.2 Å². The van der Waals surface area contributed by atoms with Gasteiger partial charge in [0.05, 0.1) is 11.8 Å². The minimum atomic E-state index is -0.299. The van der Waals surface area contributed by atoms with E-state index in [-0.39, 0.29) is 17.2 Å². The molecule has 0 saturated carbocycles. The number of nitrogen functional groups attached to an aromatic ring is 1. The number of carbonyl (C=O) groups is 1. The summed E-state index contributed by atoms with van der Waals surface area (Å²) in [6.07, 6.45) is 4.09. The summed E-state index contributed by atoms with van der Waals surface area (Å²) >= 11 is 0. The number of anilines is 1. The fourth-order valence-electron chi connectivity index (χ4n) is 1.63. The van der Waals surface area contributed by atoms with E-state index in [1.807, 2.05) is 0 Å². The molecule has 0 unspecified atom stereocenters. The summed E-state index contributed by atoms with van der Waals surface area (Å²) in [7, 11) is 0. The van der Waals surface area contributed by atoms with Crippen LogP contribution in [-0.4, -0.2) is 32.6 Å². The van der Waals surface area contributed by atoms with Gasteiger partial charge in [-0.05, 0) is 24.6 Å². The molecule has 0 radical (unpaired) electrons. The second-order valence-corrected chi connectivity index (χ2v) is 4.05. The topological polar surface area (TPSA) is 106 Å². The summed E-state index contributed by atoms with van der Waals surface area (Å²) in [6, 6.07) is 4.29. The van der Waals surface area contributed by atoms with E-state index >= 15 is 0 Å². The van der Waals surface area contributed by atoms with Crippen LogP contribution in [-0.2, 0) is 6.54 Å². The lowest BCUT2D eigenvalue weighted by Crippen LogP contribution is -2.26. The highest BCUT2D eigenvalue weighted by Gasteiger charge is 2.09. The lowest BCUT2D eigenvalue weighted by atomic mass is 10.1. The van der Waals surface area contributed by atoms with Crippen molar-refractivity contribution in [3.63, 3.8) is 0 Å². The predicted octanol–water partition coefficient (Wildman–Crippen LogP) is 0.386. The van der Waals surface area contributed by atoms with Gasteiger partial charge in [-0.15, -0.1) is 5.10 Å². The summed E-state index contributed by atoms with van der Waals surface area (Å²) in [5.41, 5.74) is 6.30. The number of aryl methyl sites for hydroxylation is 1. The molecule has 2 aromatic rings. The number of nitrogens with two attached hydrogens (primary N) is 1. The zero-order chi connectivity index (χ0) is 13.7. The van der Waals surface area contributed by atoms with Crippen LogP contribution in [0.4, 0.5) is 5.69 Å². The number of aromatic nitrogens is 3. The Morgan fingerprint density at radius 1 is 1.47 bits per heavy atom. The molecule has 1 aromatic carbocycles. The molecule has 7 nitrogen and oxygen atoms in total. The van der Waals surface area contributed by atoms with E-state index in [0.29, 0.717) is 18.8 Å². The van der Waals surface area contributed by atoms with Gasteiger partial charge in [-0.25, -0.2) is 0 Å². The molecule has 0 atom stereocenters. The molecule has 4 N–H and O–H groups in total. The summed E-state index contributed by atoms with van der Waals surface area (Å²) in [6.45, 7) is 1.17. The SMILES string of the molecule is Nc1ccc(O)cc1C(=O)NCCCn1ccnn1. The number of aromatic hydroxyl groups is 1. The van der Waals surface area contributed by atoms with E-state index in [0.717, 1.165) is 6.42 Å². The Balaban J connectivity index is 1.82. The number of nitrogens with one attached hydrogen (secondary N) is 1. The Bertz CT molecular complexity index is 553. The smallest absolute Gasteiger partial charge is 0.253 e. The Kier molecular flexibility index (Phi) is 3.97. The molecule has 100 valence electrons. The molecule has 0 saturated heterocycles. The molecule has 0 aliphatic carbocycles. The summed E-state index contributed by atoms with van der Waals surface area (Å²) < 4.78 is 1.69. The quantitative estimate of drug-likeness (QED) is 0.410. The molecule has 2 rings (SSSR count). The van der Waals surface area contributed by atoms with Gasteiger partial charge in [0.1, 0.15) is 5.75 Å². The molecule has 1 heterocycles. The van der Waals surface area contributed by atoms with E-state index in [4.69, 9.17) is 5.73 Å². The van der Waals surface area contributed by atoms with Crippen LogP contribution in [0.2, 0.25) is 0 Å². The van der Waals surface area contributed by atoms with Crippen molar-refractivity contribution >= 4 is 11.6 Å². The van der Waals surface area contributed by atoms with Gasteiger partial charge in [0.15, 0.2) is 0 Å². The van der Waals surface area contributed by atoms with Gasteiger partial charge in [0, 0.05) is 25.0 Å². The standard InChI is InChI=1S/C12H15N5O2/c13-11-3-2-9(18)8-10(11)12(19)14-4-1-6-17-7-5-15-16-17/h2-3,5,7-8,18H,1,4,6,13H2,(H,14,19). The van der Waals surface area contributed by atoms with Gasteiger partial charge in [0.2, 0.25) is 0 Å². The zero-order valence-electron chi connectivity index (χ0n) is 10.3. The lowest BCUT2D eigenvalue weighted by Gasteiger charge is -2.07. The third-order valence-electron chi connectivity index (χ3n) is 2.60. The second-order valence-electron chi connectivity index (χ2n) is 4.05. The van der Waals surface area contributed by atoms with Crippen LogP contribution in [0.1, 0.15) is 16.8 Å². The maximum atomic E-state index is 11.8. The second kappa shape index (κ2) is 5.85. The minimum Gasteiger partial charge on any atom is -0.508 e. The van der Waals surface area contributed by atoms with Crippen molar-refractivity contribution in [1.82, 2.24) is 20.3 Å². The molecule has 7 heteroatoms. The first-order valence-corrected chi connectivity index (χ1v) is 5.87. The van der Waals surface area contributed by atoms with Crippen LogP contribution >= 0.6 is 0 Å². The average Bonchev–Trinajstić information content (AvgIpc) is 2.90. The monoisotopic (exact) mass is 261 g/mol.